The van der Waals surface area contributed by atoms with E-state index < -0.39 is 11.3 Å². The lowest BCUT2D eigenvalue weighted by Gasteiger charge is -2.24. The normalized spacial score (nSPS) is 20.4. The first kappa shape index (κ1) is 15.0. The lowest BCUT2D eigenvalue weighted by molar-refractivity contribution is -0.137. The molecule has 0 radical (unpaired) electrons. The number of rotatable bonds is 3. The molecule has 18 heavy (non-hydrogen) atoms. The van der Waals surface area contributed by atoms with E-state index in [0.717, 1.165) is 25.0 Å². The lowest BCUT2D eigenvalue weighted by atomic mass is 10.2. The van der Waals surface area contributed by atoms with Crippen molar-refractivity contribution in [3.05, 3.63) is 11.8 Å². The van der Waals surface area contributed by atoms with Crippen molar-refractivity contribution in [2.75, 3.05) is 13.2 Å². The predicted octanol–water partition coefficient (Wildman–Crippen LogP) is 2.46. The van der Waals surface area contributed by atoms with Gasteiger partial charge in [0, 0.05) is 18.3 Å². The summed E-state index contributed by atoms with van der Waals surface area (Å²) < 4.78 is 4.89. The van der Waals surface area contributed by atoms with Gasteiger partial charge in [-0.25, -0.2) is 4.79 Å². The highest BCUT2D eigenvalue weighted by atomic mass is 35.5. The van der Waals surface area contributed by atoms with E-state index in [1.54, 1.807) is 18.7 Å². The Morgan fingerprint density at radius 2 is 2.17 bits per heavy atom. The Morgan fingerprint density at radius 1 is 1.44 bits per heavy atom. The number of hydrogen-bond acceptors (Lipinski definition) is 3. The van der Waals surface area contributed by atoms with Gasteiger partial charge in [0.2, 0.25) is 5.91 Å². The average Bonchev–Trinajstić information content (AvgIpc) is 2.53. The van der Waals surface area contributed by atoms with Gasteiger partial charge in [0.1, 0.15) is 5.38 Å². The predicted molar refractivity (Wildman–Crippen MR) is 70.2 cm³/mol. The van der Waals surface area contributed by atoms with E-state index in [1.165, 1.54) is 6.08 Å². The average molecular weight is 274 g/mol. The maximum atomic E-state index is 12.0. The first-order valence-corrected chi connectivity index (χ1v) is 6.82. The molecule has 1 amide bonds. The number of alkyl halides is 1. The summed E-state index contributed by atoms with van der Waals surface area (Å²) in [7, 11) is 0. The molecular weight excluding hydrogens is 254 g/mol. The monoisotopic (exact) mass is 273 g/mol. The highest BCUT2D eigenvalue weighted by molar-refractivity contribution is 6.30. The number of carbonyl (C=O) groups excluding carboxylic acids is 2. The van der Waals surface area contributed by atoms with Crippen LogP contribution in [0.3, 0.4) is 0 Å². The molecule has 1 atom stereocenters. The maximum absolute atomic E-state index is 12.0. The molecule has 1 rings (SSSR count). The quantitative estimate of drug-likeness (QED) is 0.451. The van der Waals surface area contributed by atoms with E-state index in [9.17, 15) is 9.59 Å². The summed E-state index contributed by atoms with van der Waals surface area (Å²) in [6.45, 7) is 4.37. The molecule has 0 saturated carbocycles. The number of likely N-dealkylation sites (tertiary alicyclic amines) is 1. The number of carbonyl (C=O) groups is 2. The molecule has 1 fully saturated rings. The fourth-order valence-electron chi connectivity index (χ4n) is 1.97. The third-order valence-corrected chi connectivity index (χ3v) is 3.03. The summed E-state index contributed by atoms with van der Waals surface area (Å²) in [6.07, 6.45) is 5.11. The van der Waals surface area contributed by atoms with Crippen LogP contribution in [0.2, 0.25) is 0 Å². The molecule has 5 heteroatoms. The molecule has 1 heterocycles. The van der Waals surface area contributed by atoms with E-state index in [4.69, 9.17) is 16.3 Å². The molecule has 0 spiro atoms. The van der Waals surface area contributed by atoms with Gasteiger partial charge < -0.3 is 9.64 Å². The first-order valence-electron chi connectivity index (χ1n) is 6.39. The van der Waals surface area contributed by atoms with Crippen LogP contribution in [0.5, 0.6) is 0 Å². The van der Waals surface area contributed by atoms with Crippen LogP contribution in [0.15, 0.2) is 11.8 Å². The minimum atomic E-state index is -0.575. The number of nitrogens with zero attached hydrogens (tertiary/aromatic N) is 1. The lowest BCUT2D eigenvalue weighted by Crippen LogP contribution is -2.35. The van der Waals surface area contributed by atoms with Crippen molar-refractivity contribution in [1.82, 2.24) is 4.90 Å². The Labute approximate surface area is 113 Å². The zero-order valence-corrected chi connectivity index (χ0v) is 11.7. The maximum Gasteiger partial charge on any atom is 0.332 e. The Morgan fingerprint density at radius 3 is 2.78 bits per heavy atom. The highest BCUT2D eigenvalue weighted by Crippen LogP contribution is 2.21. The fourth-order valence-corrected chi connectivity index (χ4v) is 2.09. The molecule has 1 saturated heterocycles. The number of amides is 1. The number of hydrogen-bond donors (Lipinski definition) is 0. The van der Waals surface area contributed by atoms with Gasteiger partial charge in [0.25, 0.3) is 0 Å². The van der Waals surface area contributed by atoms with E-state index in [2.05, 4.69) is 0 Å². The van der Waals surface area contributed by atoms with Gasteiger partial charge in [-0.05, 0) is 33.1 Å². The summed E-state index contributed by atoms with van der Waals surface area (Å²) in [5, 5.41) is -0.575. The van der Waals surface area contributed by atoms with Crippen LogP contribution in [0.25, 0.3) is 0 Å². The molecule has 0 unspecified atom stereocenters. The Balaban J connectivity index is 2.87. The van der Waals surface area contributed by atoms with Gasteiger partial charge in [0.15, 0.2) is 0 Å². The largest absolute Gasteiger partial charge is 0.463 e. The van der Waals surface area contributed by atoms with Crippen molar-refractivity contribution >= 4 is 23.5 Å². The number of halogens is 1. The van der Waals surface area contributed by atoms with Crippen LogP contribution in [0.1, 0.15) is 39.5 Å². The summed E-state index contributed by atoms with van der Waals surface area (Å²) in [6, 6.07) is 0. The standard InChI is InChI=1S/C13H20ClNO3/c1-3-18-12(16)9-11-7-5-4-6-8-15(11)13(17)10(2)14/h9-10H,3-8H2,1-2H3/b11-9+/t10-/m0/s1. The van der Waals surface area contributed by atoms with Gasteiger partial charge in [-0.3, -0.25) is 4.79 Å². The van der Waals surface area contributed by atoms with Crippen molar-refractivity contribution in [2.24, 2.45) is 0 Å². The van der Waals surface area contributed by atoms with Crippen LogP contribution < -0.4 is 0 Å². The topological polar surface area (TPSA) is 46.6 Å². The van der Waals surface area contributed by atoms with Gasteiger partial charge in [-0.15, -0.1) is 11.6 Å². The number of allylic oxidation sites excluding steroid dienone is 1. The van der Waals surface area contributed by atoms with Gasteiger partial charge in [-0.2, -0.15) is 0 Å². The number of esters is 1. The summed E-state index contributed by atoms with van der Waals surface area (Å²) in [5.41, 5.74) is 0.725. The van der Waals surface area contributed by atoms with Crippen LogP contribution in [-0.2, 0) is 14.3 Å². The molecule has 102 valence electrons. The molecule has 0 aromatic carbocycles. The Bertz CT molecular complexity index is 339. The first-order chi connectivity index (χ1) is 8.56. The Kier molecular flexibility index (Phi) is 6.19. The van der Waals surface area contributed by atoms with Gasteiger partial charge in [-0.1, -0.05) is 6.42 Å². The second kappa shape index (κ2) is 7.41. The highest BCUT2D eigenvalue weighted by Gasteiger charge is 2.24. The summed E-state index contributed by atoms with van der Waals surface area (Å²) >= 11 is 5.84. The van der Waals surface area contributed by atoms with E-state index in [0.29, 0.717) is 19.6 Å². The molecular formula is C13H20ClNO3. The number of ether oxygens (including phenoxy) is 1. The third kappa shape index (κ3) is 4.33. The van der Waals surface area contributed by atoms with Crippen LogP contribution in [-0.4, -0.2) is 35.3 Å². The summed E-state index contributed by atoms with van der Waals surface area (Å²) in [4.78, 5) is 25.1. The van der Waals surface area contributed by atoms with E-state index >= 15 is 0 Å². The zero-order chi connectivity index (χ0) is 13.5. The minimum Gasteiger partial charge on any atom is -0.463 e. The van der Waals surface area contributed by atoms with Crippen molar-refractivity contribution in [3.8, 4) is 0 Å². The molecule has 0 aliphatic carbocycles. The second-order valence-corrected chi connectivity index (χ2v) is 4.96. The zero-order valence-electron chi connectivity index (χ0n) is 10.9. The molecule has 1 aliphatic heterocycles. The molecule has 0 aromatic rings. The van der Waals surface area contributed by atoms with Gasteiger partial charge in [0.05, 0.1) is 6.61 Å². The second-order valence-electron chi connectivity index (χ2n) is 4.30. The SMILES string of the molecule is CCOC(=O)/C=C1\CCCCCN1C(=O)[C@H](C)Cl. The van der Waals surface area contributed by atoms with Crippen LogP contribution >= 0.6 is 11.6 Å². The summed E-state index contributed by atoms with van der Waals surface area (Å²) in [5.74, 6) is -0.538. The molecule has 0 aromatic heterocycles. The van der Waals surface area contributed by atoms with Crippen LogP contribution in [0, 0.1) is 0 Å². The third-order valence-electron chi connectivity index (χ3n) is 2.84. The fraction of sp³-hybridized carbons (Fsp3) is 0.692. The Hall–Kier alpha value is -1.03. The van der Waals surface area contributed by atoms with Crippen molar-refractivity contribution in [2.45, 2.75) is 44.9 Å². The van der Waals surface area contributed by atoms with Gasteiger partial charge >= 0.3 is 5.97 Å². The molecule has 1 aliphatic rings. The smallest absolute Gasteiger partial charge is 0.332 e. The van der Waals surface area contributed by atoms with Crippen LogP contribution in [0.4, 0.5) is 0 Å². The van der Waals surface area contributed by atoms with E-state index in [1.807, 2.05) is 0 Å². The van der Waals surface area contributed by atoms with Crippen molar-refractivity contribution < 1.29 is 14.3 Å². The van der Waals surface area contributed by atoms with Crippen molar-refractivity contribution in [3.63, 3.8) is 0 Å². The molecule has 4 nitrogen and oxygen atoms in total. The van der Waals surface area contributed by atoms with Crippen molar-refractivity contribution in [1.29, 1.82) is 0 Å². The molecule has 0 bridgehead atoms. The molecule has 0 N–H and O–H groups in total. The van der Waals surface area contributed by atoms with E-state index in [-0.39, 0.29) is 5.91 Å². The minimum absolute atomic E-state index is 0.144.